The Morgan fingerprint density at radius 1 is 1.36 bits per heavy atom. The molecule has 0 radical (unpaired) electrons. The Bertz CT molecular complexity index is 465. The largest absolute Gasteiger partial charge is 0.383 e. The predicted molar refractivity (Wildman–Crippen MR) is 55.8 cm³/mol. The number of anilines is 1. The molecule has 14 heavy (non-hydrogen) atoms. The van der Waals surface area contributed by atoms with Gasteiger partial charge in [-0.15, -0.1) is 0 Å². The van der Waals surface area contributed by atoms with E-state index in [0.29, 0.717) is 17.4 Å². The van der Waals surface area contributed by atoms with Crippen molar-refractivity contribution in [2.24, 2.45) is 0 Å². The van der Waals surface area contributed by atoms with Gasteiger partial charge in [-0.25, -0.2) is 15.0 Å². The van der Waals surface area contributed by atoms with E-state index in [0.717, 1.165) is 10.9 Å². The van der Waals surface area contributed by atoms with Crippen LogP contribution in [-0.4, -0.2) is 15.0 Å². The zero-order valence-corrected chi connectivity index (χ0v) is 8.23. The molecule has 0 spiro atoms. The summed E-state index contributed by atoms with van der Waals surface area (Å²) >= 11 is 0. The van der Waals surface area contributed by atoms with Gasteiger partial charge < -0.3 is 5.73 Å². The SMILES string of the molecule is CC(C)c1cc2cncnc2nc1N. The van der Waals surface area contributed by atoms with Gasteiger partial charge in [0.05, 0.1) is 0 Å². The highest BCUT2D eigenvalue weighted by atomic mass is 14.9. The van der Waals surface area contributed by atoms with Crippen molar-refractivity contribution in [1.29, 1.82) is 0 Å². The lowest BCUT2D eigenvalue weighted by Crippen LogP contribution is -2.00. The van der Waals surface area contributed by atoms with E-state index in [1.807, 2.05) is 6.07 Å². The Balaban J connectivity index is 2.71. The van der Waals surface area contributed by atoms with Crippen LogP contribution in [0.4, 0.5) is 5.82 Å². The van der Waals surface area contributed by atoms with E-state index in [-0.39, 0.29) is 0 Å². The second-order valence-corrected chi connectivity index (χ2v) is 3.55. The summed E-state index contributed by atoms with van der Waals surface area (Å²) in [6.45, 7) is 4.17. The highest BCUT2D eigenvalue weighted by molar-refractivity contribution is 5.76. The normalized spacial score (nSPS) is 11.1. The molecule has 2 aromatic rings. The van der Waals surface area contributed by atoms with Crippen LogP contribution in [-0.2, 0) is 0 Å². The molecule has 2 rings (SSSR count). The zero-order chi connectivity index (χ0) is 10.1. The Morgan fingerprint density at radius 2 is 2.14 bits per heavy atom. The van der Waals surface area contributed by atoms with Crippen LogP contribution in [0.1, 0.15) is 25.3 Å². The molecule has 0 atom stereocenters. The van der Waals surface area contributed by atoms with E-state index < -0.39 is 0 Å². The summed E-state index contributed by atoms with van der Waals surface area (Å²) in [5, 5.41) is 0.936. The van der Waals surface area contributed by atoms with Gasteiger partial charge in [-0.05, 0) is 17.5 Å². The molecular formula is C10H12N4. The summed E-state index contributed by atoms with van der Waals surface area (Å²) in [5.74, 6) is 0.929. The second kappa shape index (κ2) is 3.21. The van der Waals surface area contributed by atoms with E-state index in [2.05, 4.69) is 28.8 Å². The van der Waals surface area contributed by atoms with Crippen LogP contribution in [0.5, 0.6) is 0 Å². The van der Waals surface area contributed by atoms with Gasteiger partial charge in [0.1, 0.15) is 12.1 Å². The van der Waals surface area contributed by atoms with Crippen molar-refractivity contribution < 1.29 is 0 Å². The number of hydrogen-bond acceptors (Lipinski definition) is 4. The minimum atomic E-state index is 0.368. The zero-order valence-electron chi connectivity index (χ0n) is 8.23. The third kappa shape index (κ3) is 1.39. The second-order valence-electron chi connectivity index (χ2n) is 3.55. The number of pyridine rings is 1. The van der Waals surface area contributed by atoms with Crippen molar-refractivity contribution >= 4 is 16.9 Å². The smallest absolute Gasteiger partial charge is 0.164 e. The first-order valence-electron chi connectivity index (χ1n) is 4.54. The van der Waals surface area contributed by atoms with Crippen molar-refractivity contribution in [2.75, 3.05) is 5.73 Å². The Morgan fingerprint density at radius 3 is 2.86 bits per heavy atom. The molecule has 0 aliphatic rings. The van der Waals surface area contributed by atoms with Crippen LogP contribution in [0.15, 0.2) is 18.6 Å². The first-order chi connectivity index (χ1) is 6.68. The topological polar surface area (TPSA) is 64.7 Å². The molecule has 0 aliphatic carbocycles. The first-order valence-corrected chi connectivity index (χ1v) is 4.54. The standard InChI is InChI=1S/C10H12N4/c1-6(2)8-3-7-4-12-5-13-10(7)14-9(8)11/h3-6H,1-2H3,(H2,11,12,13,14). The number of rotatable bonds is 1. The number of nitrogen functional groups attached to an aromatic ring is 1. The number of fused-ring (bicyclic) bond motifs is 1. The predicted octanol–water partition coefficient (Wildman–Crippen LogP) is 1.73. The monoisotopic (exact) mass is 188 g/mol. The average molecular weight is 188 g/mol. The van der Waals surface area contributed by atoms with Crippen LogP contribution in [0.2, 0.25) is 0 Å². The van der Waals surface area contributed by atoms with Crippen molar-refractivity contribution in [3.05, 3.63) is 24.2 Å². The van der Waals surface area contributed by atoms with E-state index in [1.54, 1.807) is 6.20 Å². The third-order valence-corrected chi connectivity index (χ3v) is 2.17. The van der Waals surface area contributed by atoms with Crippen LogP contribution in [0, 0.1) is 0 Å². The van der Waals surface area contributed by atoms with Gasteiger partial charge in [-0.2, -0.15) is 0 Å². The fourth-order valence-corrected chi connectivity index (χ4v) is 1.41. The summed E-state index contributed by atoms with van der Waals surface area (Å²) in [6, 6.07) is 2.00. The summed E-state index contributed by atoms with van der Waals surface area (Å²) in [4.78, 5) is 12.2. The number of nitrogens with two attached hydrogens (primary N) is 1. The van der Waals surface area contributed by atoms with Gasteiger partial charge in [0, 0.05) is 11.6 Å². The summed E-state index contributed by atoms with van der Waals surface area (Å²) in [7, 11) is 0. The Labute approximate surface area is 82.2 Å². The first kappa shape index (κ1) is 8.87. The minimum absolute atomic E-state index is 0.368. The Hall–Kier alpha value is -1.71. The Kier molecular flexibility index (Phi) is 2.04. The molecular weight excluding hydrogens is 176 g/mol. The molecule has 0 bridgehead atoms. The maximum atomic E-state index is 5.82. The van der Waals surface area contributed by atoms with Gasteiger partial charge in [0.15, 0.2) is 5.65 Å². The molecule has 0 unspecified atom stereocenters. The summed E-state index contributed by atoms with van der Waals surface area (Å²) in [6.07, 6.45) is 3.23. The summed E-state index contributed by atoms with van der Waals surface area (Å²) in [5.41, 5.74) is 7.52. The lowest BCUT2D eigenvalue weighted by Gasteiger charge is -2.08. The lowest BCUT2D eigenvalue weighted by atomic mass is 10.0. The highest BCUT2D eigenvalue weighted by Crippen LogP contribution is 2.23. The molecule has 2 N–H and O–H groups in total. The molecule has 4 nitrogen and oxygen atoms in total. The van der Waals surface area contributed by atoms with Crippen LogP contribution < -0.4 is 5.73 Å². The summed E-state index contributed by atoms with van der Waals surface area (Å²) < 4.78 is 0. The lowest BCUT2D eigenvalue weighted by molar-refractivity contribution is 0.865. The van der Waals surface area contributed by atoms with Crippen molar-refractivity contribution in [3.63, 3.8) is 0 Å². The van der Waals surface area contributed by atoms with Gasteiger partial charge in [0.25, 0.3) is 0 Å². The molecule has 0 aliphatic heterocycles. The third-order valence-electron chi connectivity index (χ3n) is 2.17. The number of hydrogen-bond donors (Lipinski definition) is 1. The molecule has 0 saturated carbocycles. The van der Waals surface area contributed by atoms with Gasteiger partial charge in [-0.3, -0.25) is 0 Å². The van der Waals surface area contributed by atoms with E-state index in [1.165, 1.54) is 6.33 Å². The van der Waals surface area contributed by atoms with Crippen molar-refractivity contribution in [3.8, 4) is 0 Å². The fraction of sp³-hybridized carbons (Fsp3) is 0.300. The quantitative estimate of drug-likeness (QED) is 0.740. The number of aromatic nitrogens is 3. The average Bonchev–Trinajstić information content (AvgIpc) is 2.16. The highest BCUT2D eigenvalue weighted by Gasteiger charge is 2.07. The van der Waals surface area contributed by atoms with Crippen LogP contribution in [0.3, 0.4) is 0 Å². The maximum Gasteiger partial charge on any atom is 0.164 e. The van der Waals surface area contributed by atoms with Crippen LogP contribution in [0.25, 0.3) is 11.0 Å². The van der Waals surface area contributed by atoms with Gasteiger partial charge in [-0.1, -0.05) is 13.8 Å². The minimum Gasteiger partial charge on any atom is -0.383 e. The molecule has 0 saturated heterocycles. The molecule has 0 fully saturated rings. The van der Waals surface area contributed by atoms with Crippen molar-refractivity contribution in [2.45, 2.75) is 19.8 Å². The number of nitrogens with zero attached hydrogens (tertiary/aromatic N) is 3. The van der Waals surface area contributed by atoms with Crippen LogP contribution >= 0.6 is 0 Å². The van der Waals surface area contributed by atoms with E-state index in [4.69, 9.17) is 5.73 Å². The molecule has 2 aromatic heterocycles. The van der Waals surface area contributed by atoms with Gasteiger partial charge >= 0.3 is 0 Å². The molecule has 2 heterocycles. The van der Waals surface area contributed by atoms with E-state index in [9.17, 15) is 0 Å². The molecule has 0 amide bonds. The van der Waals surface area contributed by atoms with E-state index >= 15 is 0 Å². The molecule has 72 valence electrons. The fourth-order valence-electron chi connectivity index (χ4n) is 1.41. The maximum absolute atomic E-state index is 5.82. The van der Waals surface area contributed by atoms with Gasteiger partial charge in [0.2, 0.25) is 0 Å². The van der Waals surface area contributed by atoms with Crippen molar-refractivity contribution in [1.82, 2.24) is 15.0 Å². The molecule has 0 aromatic carbocycles. The molecule has 4 heteroatoms.